The molecule has 0 unspecified atom stereocenters. The van der Waals surface area contributed by atoms with Gasteiger partial charge in [-0.2, -0.15) is 4.52 Å². The number of fused-ring (bicyclic) bond motifs is 1. The number of anilines is 1. The molecule has 1 saturated carbocycles. The highest BCUT2D eigenvalue weighted by molar-refractivity contribution is 5.73. The minimum atomic E-state index is -0.0217. The molecule has 1 aliphatic heterocycles. The summed E-state index contributed by atoms with van der Waals surface area (Å²) < 4.78 is 1.90. The number of aromatic nitrogens is 4. The van der Waals surface area contributed by atoms with Crippen molar-refractivity contribution in [3.63, 3.8) is 0 Å². The van der Waals surface area contributed by atoms with E-state index >= 15 is 0 Å². The van der Waals surface area contributed by atoms with Crippen LogP contribution >= 0.6 is 0 Å². The summed E-state index contributed by atoms with van der Waals surface area (Å²) in [5.41, 5.74) is 0.814. The molecule has 128 valence electrons. The van der Waals surface area contributed by atoms with Crippen LogP contribution in [0.25, 0.3) is 5.65 Å². The van der Waals surface area contributed by atoms with E-state index < -0.39 is 0 Å². The Morgan fingerprint density at radius 3 is 2.58 bits per heavy atom. The van der Waals surface area contributed by atoms with E-state index in [2.05, 4.69) is 20.4 Å². The predicted molar refractivity (Wildman–Crippen MR) is 90.2 cm³/mol. The maximum Gasteiger partial charge on any atom is 0.317 e. The molecular weight excluding hydrogens is 306 g/mol. The summed E-state index contributed by atoms with van der Waals surface area (Å²) in [4.78, 5) is 15.6. The number of amides is 2. The Balaban J connectivity index is 1.44. The van der Waals surface area contributed by atoms with E-state index in [1.807, 2.05) is 16.6 Å². The lowest BCUT2D eigenvalue weighted by Crippen LogP contribution is -2.47. The topological polar surface area (TPSA) is 78.7 Å². The number of urea groups is 1. The normalized spacial score (nSPS) is 18.8. The van der Waals surface area contributed by atoms with Gasteiger partial charge in [0.15, 0.2) is 11.5 Å². The van der Waals surface area contributed by atoms with Gasteiger partial charge < -0.3 is 15.1 Å². The van der Waals surface area contributed by atoms with Crippen LogP contribution in [0, 0.1) is 0 Å². The minimum absolute atomic E-state index is 0.0217. The molecule has 1 N–H and O–H groups in total. The Morgan fingerprint density at radius 1 is 1.17 bits per heavy atom. The second kappa shape index (κ2) is 5.92. The molecular formula is C16H23N7O. The van der Waals surface area contributed by atoms with Crippen molar-refractivity contribution in [2.45, 2.75) is 37.6 Å². The number of carbonyl (C=O) groups is 1. The van der Waals surface area contributed by atoms with Crippen LogP contribution in [-0.4, -0.2) is 64.0 Å². The molecule has 24 heavy (non-hydrogen) atoms. The molecule has 2 aromatic heterocycles. The molecule has 4 rings (SSSR count). The van der Waals surface area contributed by atoms with Crippen LogP contribution < -0.4 is 10.2 Å². The quantitative estimate of drug-likeness (QED) is 0.917. The largest absolute Gasteiger partial charge is 0.355 e. The summed E-state index contributed by atoms with van der Waals surface area (Å²) in [5.74, 6) is 2.47. The zero-order valence-electron chi connectivity index (χ0n) is 14.1. The smallest absolute Gasteiger partial charge is 0.317 e. The van der Waals surface area contributed by atoms with E-state index in [0.717, 1.165) is 43.2 Å². The van der Waals surface area contributed by atoms with Crippen LogP contribution in [0.5, 0.6) is 0 Å². The number of rotatable bonds is 3. The monoisotopic (exact) mass is 329 g/mol. The highest BCUT2D eigenvalue weighted by atomic mass is 16.2. The van der Waals surface area contributed by atoms with Gasteiger partial charge in [0.2, 0.25) is 0 Å². The number of hydrogen-bond donors (Lipinski definition) is 1. The minimum Gasteiger partial charge on any atom is -0.355 e. The molecule has 3 heterocycles. The van der Waals surface area contributed by atoms with Gasteiger partial charge in [-0.05, 0) is 37.8 Å². The van der Waals surface area contributed by atoms with E-state index in [9.17, 15) is 4.79 Å². The number of piperidine rings is 1. The summed E-state index contributed by atoms with van der Waals surface area (Å²) in [6.45, 7) is 1.77. The SMILES string of the molecule is CN(C)C(=O)NC1CCN(c2ccc3nnc(C4CC4)n3n2)CC1. The lowest BCUT2D eigenvalue weighted by atomic mass is 10.1. The molecule has 8 heteroatoms. The lowest BCUT2D eigenvalue weighted by Gasteiger charge is -2.33. The van der Waals surface area contributed by atoms with Gasteiger partial charge in [-0.3, -0.25) is 0 Å². The number of nitrogens with one attached hydrogen (secondary N) is 1. The standard InChI is InChI=1S/C16H23N7O/c1-21(2)16(24)17-12-7-9-22(10-8-12)14-6-5-13-18-19-15(11-3-4-11)23(13)20-14/h5-6,11-12H,3-4,7-10H2,1-2H3,(H,17,24). The fourth-order valence-electron chi connectivity index (χ4n) is 3.12. The number of nitrogens with zero attached hydrogens (tertiary/aromatic N) is 6. The van der Waals surface area contributed by atoms with E-state index in [1.54, 1.807) is 19.0 Å². The Bertz CT molecular complexity index is 744. The maximum atomic E-state index is 11.8. The molecule has 1 saturated heterocycles. The summed E-state index contributed by atoms with van der Waals surface area (Å²) in [6.07, 6.45) is 4.22. The average molecular weight is 329 g/mol. The third kappa shape index (κ3) is 2.88. The van der Waals surface area contributed by atoms with E-state index in [1.165, 1.54) is 12.8 Å². The van der Waals surface area contributed by atoms with Crippen molar-refractivity contribution in [2.24, 2.45) is 0 Å². The van der Waals surface area contributed by atoms with Gasteiger partial charge in [0.05, 0.1) is 0 Å². The molecule has 2 fully saturated rings. The van der Waals surface area contributed by atoms with Crippen molar-refractivity contribution in [3.05, 3.63) is 18.0 Å². The summed E-state index contributed by atoms with van der Waals surface area (Å²) in [7, 11) is 3.53. The zero-order valence-corrected chi connectivity index (χ0v) is 14.1. The van der Waals surface area contributed by atoms with Gasteiger partial charge in [-0.25, -0.2) is 4.79 Å². The maximum absolute atomic E-state index is 11.8. The third-order valence-electron chi connectivity index (χ3n) is 4.77. The predicted octanol–water partition coefficient (Wildman–Crippen LogP) is 1.24. The molecule has 0 spiro atoms. The molecule has 1 aliphatic carbocycles. The summed E-state index contributed by atoms with van der Waals surface area (Å²) in [6, 6.07) is 4.21. The van der Waals surface area contributed by atoms with Gasteiger partial charge in [0, 0.05) is 39.1 Å². The fourth-order valence-corrected chi connectivity index (χ4v) is 3.12. The van der Waals surface area contributed by atoms with Crippen molar-refractivity contribution < 1.29 is 4.79 Å². The summed E-state index contributed by atoms with van der Waals surface area (Å²) in [5, 5.41) is 16.3. The van der Waals surface area contributed by atoms with Gasteiger partial charge in [-0.1, -0.05) is 0 Å². The average Bonchev–Trinajstić information content (AvgIpc) is 3.34. The molecule has 0 atom stereocenters. The molecule has 8 nitrogen and oxygen atoms in total. The Hall–Kier alpha value is -2.38. The van der Waals surface area contributed by atoms with Crippen LogP contribution in [0.2, 0.25) is 0 Å². The zero-order chi connectivity index (χ0) is 16.7. The van der Waals surface area contributed by atoms with E-state index in [-0.39, 0.29) is 12.1 Å². The first-order valence-corrected chi connectivity index (χ1v) is 8.57. The molecule has 0 aromatic carbocycles. The first kappa shape index (κ1) is 15.2. The highest BCUT2D eigenvalue weighted by Crippen LogP contribution is 2.38. The second-order valence-electron chi connectivity index (χ2n) is 6.90. The Kier molecular flexibility index (Phi) is 3.74. The van der Waals surface area contributed by atoms with Crippen molar-refractivity contribution in [1.82, 2.24) is 30.0 Å². The number of hydrogen-bond acceptors (Lipinski definition) is 5. The van der Waals surface area contributed by atoms with Gasteiger partial charge in [0.25, 0.3) is 0 Å². The summed E-state index contributed by atoms with van der Waals surface area (Å²) >= 11 is 0. The number of carbonyl (C=O) groups excluding carboxylic acids is 1. The molecule has 0 bridgehead atoms. The van der Waals surface area contributed by atoms with Gasteiger partial charge >= 0.3 is 6.03 Å². The van der Waals surface area contributed by atoms with Crippen molar-refractivity contribution >= 4 is 17.5 Å². The van der Waals surface area contributed by atoms with Crippen LogP contribution in [0.1, 0.15) is 37.4 Å². The van der Waals surface area contributed by atoms with Crippen LogP contribution in [0.3, 0.4) is 0 Å². The molecule has 2 amide bonds. The molecule has 2 aliphatic rings. The van der Waals surface area contributed by atoms with Crippen LogP contribution in [0.4, 0.5) is 10.6 Å². The Morgan fingerprint density at radius 2 is 1.92 bits per heavy atom. The second-order valence-corrected chi connectivity index (χ2v) is 6.90. The first-order chi connectivity index (χ1) is 11.6. The lowest BCUT2D eigenvalue weighted by molar-refractivity contribution is 0.210. The third-order valence-corrected chi connectivity index (χ3v) is 4.77. The van der Waals surface area contributed by atoms with Crippen molar-refractivity contribution in [1.29, 1.82) is 0 Å². The van der Waals surface area contributed by atoms with E-state index in [4.69, 9.17) is 5.10 Å². The van der Waals surface area contributed by atoms with E-state index in [0.29, 0.717) is 5.92 Å². The van der Waals surface area contributed by atoms with Gasteiger partial charge in [0.1, 0.15) is 5.82 Å². The molecule has 2 aromatic rings. The Labute approximate surface area is 140 Å². The fraction of sp³-hybridized carbons (Fsp3) is 0.625. The van der Waals surface area contributed by atoms with Gasteiger partial charge in [-0.15, -0.1) is 15.3 Å². The van der Waals surface area contributed by atoms with Crippen molar-refractivity contribution in [3.8, 4) is 0 Å². The highest BCUT2D eigenvalue weighted by Gasteiger charge is 2.29. The van der Waals surface area contributed by atoms with Crippen molar-refractivity contribution in [2.75, 3.05) is 32.1 Å². The van der Waals surface area contributed by atoms with Crippen LogP contribution in [0.15, 0.2) is 12.1 Å². The van der Waals surface area contributed by atoms with Crippen LogP contribution in [-0.2, 0) is 0 Å². The first-order valence-electron chi connectivity index (χ1n) is 8.57. The molecule has 0 radical (unpaired) electrons.